The Hall–Kier alpha value is -2.77. The maximum absolute atomic E-state index is 12.9. The number of amides is 1. The van der Waals surface area contributed by atoms with Crippen LogP contribution in [-0.2, 0) is 11.0 Å². The molecule has 0 aromatic heterocycles. The van der Waals surface area contributed by atoms with Gasteiger partial charge in [0.1, 0.15) is 18.2 Å². The Balaban J connectivity index is 1.70. The summed E-state index contributed by atoms with van der Waals surface area (Å²) in [6.45, 7) is 0.139. The van der Waals surface area contributed by atoms with Gasteiger partial charge < -0.3 is 15.4 Å². The number of carbonyl (C=O) groups is 1. The van der Waals surface area contributed by atoms with Crippen LogP contribution in [0.25, 0.3) is 0 Å². The maximum atomic E-state index is 12.9. The lowest BCUT2D eigenvalue weighted by Gasteiger charge is -2.11. The fraction of sp³-hybridized carbons (Fsp3) is 0.235. The second kappa shape index (κ2) is 8.36. The lowest BCUT2D eigenvalue weighted by Crippen LogP contribution is -2.33. The summed E-state index contributed by atoms with van der Waals surface area (Å²) in [6.07, 6.45) is -4.44. The summed E-state index contributed by atoms with van der Waals surface area (Å²) >= 11 is 0. The number of anilines is 1. The van der Waals surface area contributed by atoms with Crippen LogP contribution < -0.4 is 15.4 Å². The third-order valence-corrected chi connectivity index (χ3v) is 3.13. The minimum Gasteiger partial charge on any atom is -0.492 e. The first-order valence-electron chi connectivity index (χ1n) is 7.41. The Kier molecular flexibility index (Phi) is 6.21. The zero-order chi connectivity index (χ0) is 18.3. The van der Waals surface area contributed by atoms with Crippen LogP contribution in [0.1, 0.15) is 5.56 Å². The zero-order valence-corrected chi connectivity index (χ0v) is 13.1. The first kappa shape index (κ1) is 18.6. The van der Waals surface area contributed by atoms with E-state index in [2.05, 4.69) is 10.6 Å². The first-order chi connectivity index (χ1) is 11.8. The standard InChI is InChI=1S/C17H16F4N2O2/c18-13-4-2-6-15(10-13)25-8-7-22-16(24)11-23-14-5-1-3-12(9-14)17(19,20)21/h1-6,9-10,23H,7-8,11H2,(H,22,24). The van der Waals surface area contributed by atoms with Crippen LogP contribution in [0.4, 0.5) is 23.2 Å². The van der Waals surface area contributed by atoms with Crippen LogP contribution in [0.5, 0.6) is 5.75 Å². The van der Waals surface area contributed by atoms with E-state index in [1.807, 2.05) is 0 Å². The first-order valence-corrected chi connectivity index (χ1v) is 7.41. The fourth-order valence-electron chi connectivity index (χ4n) is 1.97. The molecule has 0 heterocycles. The third-order valence-electron chi connectivity index (χ3n) is 3.13. The molecular formula is C17H16F4N2O2. The van der Waals surface area contributed by atoms with Gasteiger partial charge in [-0.25, -0.2) is 4.39 Å². The summed E-state index contributed by atoms with van der Waals surface area (Å²) in [4.78, 5) is 11.7. The average Bonchev–Trinajstić information content (AvgIpc) is 2.56. The van der Waals surface area contributed by atoms with E-state index in [0.717, 1.165) is 12.1 Å². The van der Waals surface area contributed by atoms with Gasteiger partial charge in [0.05, 0.1) is 18.7 Å². The highest BCUT2D eigenvalue weighted by molar-refractivity contribution is 5.80. The number of hydrogen-bond acceptors (Lipinski definition) is 3. The van der Waals surface area contributed by atoms with Gasteiger partial charge in [-0.05, 0) is 30.3 Å². The molecule has 2 rings (SSSR count). The second-order valence-electron chi connectivity index (χ2n) is 5.09. The molecular weight excluding hydrogens is 340 g/mol. The molecule has 0 atom stereocenters. The molecule has 0 saturated heterocycles. The van der Waals surface area contributed by atoms with Crippen LogP contribution in [-0.4, -0.2) is 25.6 Å². The van der Waals surface area contributed by atoms with E-state index in [1.54, 1.807) is 6.07 Å². The molecule has 0 bridgehead atoms. The van der Waals surface area contributed by atoms with Crippen LogP contribution in [0.2, 0.25) is 0 Å². The van der Waals surface area contributed by atoms with Crippen LogP contribution >= 0.6 is 0 Å². The highest BCUT2D eigenvalue weighted by Crippen LogP contribution is 2.30. The molecule has 0 fully saturated rings. The van der Waals surface area contributed by atoms with Crippen LogP contribution in [0.15, 0.2) is 48.5 Å². The molecule has 2 N–H and O–H groups in total. The number of halogens is 4. The van der Waals surface area contributed by atoms with Crippen molar-refractivity contribution in [2.45, 2.75) is 6.18 Å². The Bertz CT molecular complexity index is 720. The summed E-state index contributed by atoms with van der Waals surface area (Å²) in [7, 11) is 0. The van der Waals surface area contributed by atoms with Crippen molar-refractivity contribution in [1.82, 2.24) is 5.32 Å². The number of carbonyl (C=O) groups excluding carboxylic acids is 1. The van der Waals surface area contributed by atoms with E-state index < -0.39 is 23.5 Å². The van der Waals surface area contributed by atoms with Crippen molar-refractivity contribution in [2.75, 3.05) is 25.0 Å². The fourth-order valence-corrected chi connectivity index (χ4v) is 1.97. The summed E-state index contributed by atoms with van der Waals surface area (Å²) < 4.78 is 56.0. The third kappa shape index (κ3) is 6.33. The van der Waals surface area contributed by atoms with Crippen molar-refractivity contribution >= 4 is 11.6 Å². The second-order valence-corrected chi connectivity index (χ2v) is 5.09. The highest BCUT2D eigenvalue weighted by Gasteiger charge is 2.30. The van der Waals surface area contributed by atoms with E-state index in [-0.39, 0.29) is 25.4 Å². The van der Waals surface area contributed by atoms with Gasteiger partial charge in [-0.1, -0.05) is 12.1 Å². The average molecular weight is 356 g/mol. The molecule has 2 aromatic carbocycles. The number of alkyl halides is 3. The summed E-state index contributed by atoms with van der Waals surface area (Å²) in [6, 6.07) is 10.2. The van der Waals surface area contributed by atoms with Crippen LogP contribution in [0.3, 0.4) is 0 Å². The van der Waals surface area contributed by atoms with Crippen molar-refractivity contribution in [1.29, 1.82) is 0 Å². The van der Waals surface area contributed by atoms with E-state index in [0.29, 0.717) is 5.75 Å². The van der Waals surface area contributed by atoms with Gasteiger partial charge in [0.15, 0.2) is 0 Å². The topological polar surface area (TPSA) is 50.4 Å². The van der Waals surface area contributed by atoms with E-state index in [4.69, 9.17) is 4.74 Å². The van der Waals surface area contributed by atoms with Gasteiger partial charge in [0, 0.05) is 11.8 Å². The zero-order valence-electron chi connectivity index (χ0n) is 13.1. The molecule has 0 saturated carbocycles. The number of benzene rings is 2. The molecule has 2 aromatic rings. The summed E-state index contributed by atoms with van der Waals surface area (Å²) in [5, 5.41) is 5.16. The molecule has 25 heavy (non-hydrogen) atoms. The van der Waals surface area contributed by atoms with Crippen molar-refractivity contribution in [3.05, 3.63) is 59.9 Å². The SMILES string of the molecule is O=C(CNc1cccc(C(F)(F)F)c1)NCCOc1cccc(F)c1. The van der Waals surface area contributed by atoms with Crippen molar-refractivity contribution in [2.24, 2.45) is 0 Å². The lowest BCUT2D eigenvalue weighted by atomic mass is 10.2. The number of hydrogen-bond donors (Lipinski definition) is 2. The molecule has 0 radical (unpaired) electrons. The summed E-state index contributed by atoms with van der Waals surface area (Å²) in [5.41, 5.74) is -0.595. The number of rotatable bonds is 7. The minimum atomic E-state index is -4.44. The van der Waals surface area contributed by atoms with E-state index >= 15 is 0 Å². The molecule has 0 aliphatic heterocycles. The molecule has 0 aliphatic rings. The number of ether oxygens (including phenoxy) is 1. The Morgan fingerprint density at radius 2 is 1.84 bits per heavy atom. The molecule has 134 valence electrons. The van der Waals surface area contributed by atoms with Gasteiger partial charge in [0.2, 0.25) is 5.91 Å². The molecule has 8 heteroatoms. The van der Waals surface area contributed by atoms with E-state index in [9.17, 15) is 22.4 Å². The van der Waals surface area contributed by atoms with Gasteiger partial charge in [-0.2, -0.15) is 13.2 Å². The molecule has 4 nitrogen and oxygen atoms in total. The maximum Gasteiger partial charge on any atom is 0.416 e. The van der Waals surface area contributed by atoms with Gasteiger partial charge in [0.25, 0.3) is 0 Å². The normalized spacial score (nSPS) is 11.0. The van der Waals surface area contributed by atoms with Gasteiger partial charge in [-0.3, -0.25) is 4.79 Å². The highest BCUT2D eigenvalue weighted by atomic mass is 19.4. The monoisotopic (exact) mass is 356 g/mol. The smallest absolute Gasteiger partial charge is 0.416 e. The molecule has 0 unspecified atom stereocenters. The largest absolute Gasteiger partial charge is 0.492 e. The molecule has 0 aliphatic carbocycles. The van der Waals surface area contributed by atoms with Crippen LogP contribution in [0, 0.1) is 5.82 Å². The molecule has 0 spiro atoms. The lowest BCUT2D eigenvalue weighted by molar-refractivity contribution is -0.137. The van der Waals surface area contributed by atoms with Crippen molar-refractivity contribution in [3.8, 4) is 5.75 Å². The van der Waals surface area contributed by atoms with Crippen molar-refractivity contribution < 1.29 is 27.1 Å². The predicted molar refractivity (Wildman–Crippen MR) is 84.8 cm³/mol. The Labute approximate surface area is 141 Å². The van der Waals surface area contributed by atoms with E-state index in [1.165, 1.54) is 30.3 Å². The van der Waals surface area contributed by atoms with Gasteiger partial charge >= 0.3 is 6.18 Å². The minimum absolute atomic E-state index is 0.138. The molecule has 1 amide bonds. The predicted octanol–water partition coefficient (Wildman–Crippen LogP) is 3.45. The quantitative estimate of drug-likeness (QED) is 0.590. The Morgan fingerprint density at radius 1 is 1.08 bits per heavy atom. The van der Waals surface area contributed by atoms with Gasteiger partial charge in [-0.15, -0.1) is 0 Å². The Morgan fingerprint density at radius 3 is 2.56 bits per heavy atom. The summed E-state index contributed by atoms with van der Waals surface area (Å²) in [5.74, 6) is -0.483. The van der Waals surface area contributed by atoms with Crippen molar-refractivity contribution in [3.63, 3.8) is 0 Å². The number of nitrogens with one attached hydrogen (secondary N) is 2.